The van der Waals surface area contributed by atoms with Crippen LogP contribution in [0.2, 0.25) is 0 Å². The SMILES string of the molecule is CCC(C)(OC)c1nnc(CN)n1CCOC. The molecular weight excluding hydrogens is 220 g/mol. The monoisotopic (exact) mass is 242 g/mol. The van der Waals surface area contributed by atoms with Gasteiger partial charge in [-0.2, -0.15) is 0 Å². The number of rotatable bonds is 7. The Kier molecular flexibility index (Phi) is 5.04. The third kappa shape index (κ3) is 2.83. The zero-order valence-corrected chi connectivity index (χ0v) is 11.1. The second-order valence-corrected chi connectivity index (χ2v) is 4.08. The molecule has 1 aromatic heterocycles. The predicted molar refractivity (Wildman–Crippen MR) is 64.4 cm³/mol. The highest BCUT2D eigenvalue weighted by atomic mass is 16.5. The molecule has 0 aromatic carbocycles. The number of nitrogens with zero attached hydrogens (tertiary/aromatic N) is 3. The van der Waals surface area contributed by atoms with E-state index in [-0.39, 0.29) is 0 Å². The summed E-state index contributed by atoms with van der Waals surface area (Å²) in [6.45, 7) is 5.70. The standard InChI is InChI=1S/C11H22N4O2/c1-5-11(2,17-4)10-14-13-9(8-12)15(10)6-7-16-3/h5-8,12H2,1-4H3. The highest BCUT2D eigenvalue weighted by Crippen LogP contribution is 2.27. The van der Waals surface area contributed by atoms with E-state index in [0.717, 1.165) is 18.1 Å². The molecule has 0 aliphatic heterocycles. The van der Waals surface area contributed by atoms with Crippen molar-refractivity contribution >= 4 is 0 Å². The van der Waals surface area contributed by atoms with E-state index in [1.165, 1.54) is 0 Å². The largest absolute Gasteiger partial charge is 0.383 e. The van der Waals surface area contributed by atoms with Crippen molar-refractivity contribution in [1.82, 2.24) is 14.8 Å². The molecule has 1 atom stereocenters. The Labute approximate surface area is 102 Å². The summed E-state index contributed by atoms with van der Waals surface area (Å²) in [5, 5.41) is 8.31. The number of nitrogens with two attached hydrogens (primary N) is 1. The van der Waals surface area contributed by atoms with Crippen LogP contribution in [0.5, 0.6) is 0 Å². The van der Waals surface area contributed by atoms with Crippen LogP contribution < -0.4 is 5.73 Å². The fourth-order valence-electron chi connectivity index (χ4n) is 1.69. The highest BCUT2D eigenvalue weighted by Gasteiger charge is 2.31. The van der Waals surface area contributed by atoms with Gasteiger partial charge in [-0.3, -0.25) is 0 Å². The van der Waals surface area contributed by atoms with Gasteiger partial charge in [0.05, 0.1) is 13.2 Å². The number of hydrogen-bond acceptors (Lipinski definition) is 5. The Bertz CT molecular complexity index is 347. The third-order valence-corrected chi connectivity index (χ3v) is 3.13. The van der Waals surface area contributed by atoms with Gasteiger partial charge in [0.2, 0.25) is 0 Å². The summed E-state index contributed by atoms with van der Waals surface area (Å²) in [6, 6.07) is 0. The molecule has 1 rings (SSSR count). The zero-order chi connectivity index (χ0) is 12.9. The summed E-state index contributed by atoms with van der Waals surface area (Å²) >= 11 is 0. The molecule has 0 fully saturated rings. The van der Waals surface area contributed by atoms with Gasteiger partial charge in [-0.15, -0.1) is 10.2 Å². The predicted octanol–water partition coefficient (Wildman–Crippen LogP) is 0.655. The van der Waals surface area contributed by atoms with Crippen molar-refractivity contribution in [2.24, 2.45) is 5.73 Å². The first kappa shape index (κ1) is 14.1. The molecule has 0 saturated carbocycles. The maximum Gasteiger partial charge on any atom is 0.165 e. The second-order valence-electron chi connectivity index (χ2n) is 4.08. The lowest BCUT2D eigenvalue weighted by molar-refractivity contribution is -0.0129. The van der Waals surface area contributed by atoms with Crippen molar-refractivity contribution in [1.29, 1.82) is 0 Å². The molecule has 0 amide bonds. The van der Waals surface area contributed by atoms with Gasteiger partial charge in [0.15, 0.2) is 5.82 Å². The van der Waals surface area contributed by atoms with Crippen LogP contribution in [-0.4, -0.2) is 35.6 Å². The molecule has 1 aromatic rings. The Morgan fingerprint density at radius 2 is 2.06 bits per heavy atom. The smallest absolute Gasteiger partial charge is 0.165 e. The summed E-state index contributed by atoms with van der Waals surface area (Å²) in [7, 11) is 3.35. The lowest BCUT2D eigenvalue weighted by atomic mass is 10.0. The normalized spacial score (nSPS) is 14.9. The lowest BCUT2D eigenvalue weighted by Crippen LogP contribution is -2.29. The molecular formula is C11H22N4O2. The zero-order valence-electron chi connectivity index (χ0n) is 11.1. The van der Waals surface area contributed by atoms with Crippen LogP contribution >= 0.6 is 0 Å². The van der Waals surface area contributed by atoms with Crippen molar-refractivity contribution in [3.05, 3.63) is 11.6 Å². The molecule has 0 aliphatic carbocycles. The molecule has 1 heterocycles. The fraction of sp³-hybridized carbons (Fsp3) is 0.818. The Balaban J connectivity index is 3.09. The van der Waals surface area contributed by atoms with Gasteiger partial charge in [-0.05, 0) is 13.3 Å². The highest BCUT2D eigenvalue weighted by molar-refractivity contribution is 5.05. The van der Waals surface area contributed by atoms with E-state index in [0.29, 0.717) is 19.7 Å². The van der Waals surface area contributed by atoms with Crippen LogP contribution in [0.3, 0.4) is 0 Å². The fourth-order valence-corrected chi connectivity index (χ4v) is 1.69. The van der Waals surface area contributed by atoms with Crippen molar-refractivity contribution in [3.8, 4) is 0 Å². The minimum atomic E-state index is -0.436. The number of aromatic nitrogens is 3. The lowest BCUT2D eigenvalue weighted by Gasteiger charge is -2.26. The average Bonchev–Trinajstić information content (AvgIpc) is 2.78. The Morgan fingerprint density at radius 1 is 1.35 bits per heavy atom. The summed E-state index contributed by atoms with van der Waals surface area (Å²) in [4.78, 5) is 0. The minimum absolute atomic E-state index is 0.361. The maximum atomic E-state index is 5.66. The Morgan fingerprint density at radius 3 is 2.53 bits per heavy atom. The van der Waals surface area contributed by atoms with Crippen molar-refractivity contribution in [3.63, 3.8) is 0 Å². The van der Waals surface area contributed by atoms with Gasteiger partial charge >= 0.3 is 0 Å². The van der Waals surface area contributed by atoms with E-state index in [9.17, 15) is 0 Å². The van der Waals surface area contributed by atoms with E-state index in [4.69, 9.17) is 15.2 Å². The topological polar surface area (TPSA) is 75.2 Å². The molecule has 1 unspecified atom stereocenters. The quantitative estimate of drug-likeness (QED) is 0.760. The van der Waals surface area contributed by atoms with Crippen LogP contribution in [0.1, 0.15) is 31.9 Å². The third-order valence-electron chi connectivity index (χ3n) is 3.13. The minimum Gasteiger partial charge on any atom is -0.383 e. The Hall–Kier alpha value is -0.980. The van der Waals surface area contributed by atoms with Crippen molar-refractivity contribution in [2.75, 3.05) is 20.8 Å². The van der Waals surface area contributed by atoms with Gasteiger partial charge < -0.3 is 19.8 Å². The molecule has 17 heavy (non-hydrogen) atoms. The summed E-state index contributed by atoms with van der Waals surface area (Å²) < 4.78 is 12.6. The van der Waals surface area contributed by atoms with Gasteiger partial charge in [0.1, 0.15) is 11.4 Å². The number of ether oxygens (including phenoxy) is 2. The maximum absolute atomic E-state index is 5.66. The van der Waals surface area contributed by atoms with Crippen molar-refractivity contribution in [2.45, 2.75) is 39.0 Å². The average molecular weight is 242 g/mol. The first-order valence-corrected chi connectivity index (χ1v) is 5.79. The molecule has 2 N–H and O–H groups in total. The molecule has 0 aliphatic rings. The second kappa shape index (κ2) is 6.09. The molecule has 0 saturated heterocycles. The molecule has 0 bridgehead atoms. The van der Waals surface area contributed by atoms with E-state index in [1.54, 1.807) is 14.2 Å². The number of methoxy groups -OCH3 is 2. The van der Waals surface area contributed by atoms with Gasteiger partial charge in [-0.25, -0.2) is 0 Å². The summed E-state index contributed by atoms with van der Waals surface area (Å²) in [5.41, 5.74) is 5.22. The van der Waals surface area contributed by atoms with Gasteiger partial charge in [0.25, 0.3) is 0 Å². The van der Waals surface area contributed by atoms with Crippen LogP contribution in [0.4, 0.5) is 0 Å². The molecule has 0 spiro atoms. The molecule has 6 heteroatoms. The summed E-state index contributed by atoms with van der Waals surface area (Å²) in [5.74, 6) is 1.56. The van der Waals surface area contributed by atoms with E-state index in [1.807, 2.05) is 11.5 Å². The first-order chi connectivity index (χ1) is 8.12. The van der Waals surface area contributed by atoms with Crippen LogP contribution in [0, 0.1) is 0 Å². The van der Waals surface area contributed by atoms with Gasteiger partial charge in [-0.1, -0.05) is 6.92 Å². The van der Waals surface area contributed by atoms with Crippen LogP contribution in [-0.2, 0) is 28.2 Å². The van der Waals surface area contributed by atoms with E-state index in [2.05, 4.69) is 17.1 Å². The number of hydrogen-bond donors (Lipinski definition) is 1. The van der Waals surface area contributed by atoms with Crippen molar-refractivity contribution < 1.29 is 9.47 Å². The summed E-state index contributed by atoms with van der Waals surface area (Å²) in [6.07, 6.45) is 0.819. The van der Waals surface area contributed by atoms with E-state index < -0.39 is 5.60 Å². The van der Waals surface area contributed by atoms with Gasteiger partial charge in [0, 0.05) is 20.8 Å². The molecule has 0 radical (unpaired) electrons. The van der Waals surface area contributed by atoms with Crippen LogP contribution in [0.25, 0.3) is 0 Å². The first-order valence-electron chi connectivity index (χ1n) is 5.79. The van der Waals surface area contributed by atoms with E-state index >= 15 is 0 Å². The van der Waals surface area contributed by atoms with Crippen LogP contribution in [0.15, 0.2) is 0 Å². The molecule has 98 valence electrons. The molecule has 6 nitrogen and oxygen atoms in total.